The summed E-state index contributed by atoms with van der Waals surface area (Å²) in [7, 11) is 1.62. The van der Waals surface area contributed by atoms with E-state index in [1.807, 2.05) is 0 Å². The van der Waals surface area contributed by atoms with Crippen LogP contribution in [0.2, 0.25) is 0 Å². The van der Waals surface area contributed by atoms with Gasteiger partial charge in [-0.1, -0.05) is 0 Å². The molecule has 90 valence electrons. The van der Waals surface area contributed by atoms with E-state index in [4.69, 9.17) is 19.9 Å². The third-order valence-corrected chi connectivity index (χ3v) is 1.99. The molecule has 0 saturated heterocycles. The molecule has 2 N–H and O–H groups in total. The largest absolute Gasteiger partial charge is 0.461 e. The van der Waals surface area contributed by atoms with Gasteiger partial charge < -0.3 is 19.9 Å². The zero-order valence-corrected chi connectivity index (χ0v) is 10.6. The van der Waals surface area contributed by atoms with Crippen LogP contribution in [0.4, 0.5) is 5.82 Å². The molecule has 0 spiro atoms. The van der Waals surface area contributed by atoms with Crippen molar-refractivity contribution in [2.24, 2.45) is 0 Å². The first-order valence-electron chi connectivity index (χ1n) is 4.72. The van der Waals surface area contributed by atoms with Crippen LogP contribution in [0.3, 0.4) is 0 Å². The van der Waals surface area contributed by atoms with Gasteiger partial charge in [0.1, 0.15) is 17.0 Å². The van der Waals surface area contributed by atoms with Gasteiger partial charge in [0.25, 0.3) is 0 Å². The average molecular weight is 292 g/mol. The zero-order valence-electron chi connectivity index (χ0n) is 8.98. The fraction of sp³-hybridized carbons (Fsp3) is 0.556. The Labute approximate surface area is 102 Å². The summed E-state index contributed by atoms with van der Waals surface area (Å²) in [6.07, 6.45) is 0. The van der Waals surface area contributed by atoms with E-state index in [1.165, 1.54) is 0 Å². The highest BCUT2D eigenvalue weighted by Gasteiger charge is 2.01. The van der Waals surface area contributed by atoms with Crippen molar-refractivity contribution in [2.45, 2.75) is 0 Å². The van der Waals surface area contributed by atoms with Gasteiger partial charge in [0.2, 0.25) is 0 Å². The molecule has 1 aromatic rings. The van der Waals surface area contributed by atoms with E-state index in [0.29, 0.717) is 36.8 Å². The van der Waals surface area contributed by atoms with Crippen LogP contribution in [0.15, 0.2) is 10.7 Å². The third-order valence-electron chi connectivity index (χ3n) is 1.58. The van der Waals surface area contributed by atoms with E-state index in [9.17, 15) is 0 Å². The molecule has 0 aliphatic rings. The molecule has 1 rings (SSSR count). The maximum Gasteiger partial charge on any atom is 0.319 e. The first kappa shape index (κ1) is 13.1. The standard InChI is InChI=1S/C9H14BrN3O3/c1-14-2-3-15-4-5-16-9-12-7(10)6-8(11)13-9/h6H,2-5H2,1H3,(H2,11,12,13). The minimum absolute atomic E-state index is 0.238. The van der Waals surface area contributed by atoms with Gasteiger partial charge in [-0.2, -0.15) is 9.97 Å². The Balaban J connectivity index is 2.21. The predicted octanol–water partition coefficient (Wildman–Crippen LogP) is 0.863. The quantitative estimate of drug-likeness (QED) is 0.593. The lowest BCUT2D eigenvalue weighted by molar-refractivity contribution is 0.0528. The number of rotatable bonds is 7. The van der Waals surface area contributed by atoms with Crippen LogP contribution in [-0.2, 0) is 9.47 Å². The Morgan fingerprint density at radius 3 is 2.69 bits per heavy atom. The minimum atomic E-state index is 0.238. The van der Waals surface area contributed by atoms with Crippen LogP contribution in [0.25, 0.3) is 0 Å². The predicted molar refractivity (Wildman–Crippen MR) is 62.3 cm³/mol. The van der Waals surface area contributed by atoms with Gasteiger partial charge in [-0.15, -0.1) is 0 Å². The van der Waals surface area contributed by atoms with Crippen LogP contribution in [0.1, 0.15) is 0 Å². The fourth-order valence-corrected chi connectivity index (χ4v) is 1.30. The summed E-state index contributed by atoms with van der Waals surface area (Å²) in [5.74, 6) is 0.358. The van der Waals surface area contributed by atoms with Crippen molar-refractivity contribution < 1.29 is 14.2 Å². The second kappa shape index (κ2) is 7.37. The molecule has 0 saturated carbocycles. The fourth-order valence-electron chi connectivity index (χ4n) is 0.914. The van der Waals surface area contributed by atoms with E-state index in [2.05, 4.69) is 25.9 Å². The first-order valence-corrected chi connectivity index (χ1v) is 5.51. The van der Waals surface area contributed by atoms with Crippen molar-refractivity contribution in [1.29, 1.82) is 0 Å². The van der Waals surface area contributed by atoms with Crippen LogP contribution in [-0.4, -0.2) is 43.5 Å². The van der Waals surface area contributed by atoms with E-state index in [1.54, 1.807) is 13.2 Å². The molecule has 0 fully saturated rings. The van der Waals surface area contributed by atoms with Gasteiger partial charge in [-0.3, -0.25) is 0 Å². The van der Waals surface area contributed by atoms with Crippen molar-refractivity contribution in [2.75, 3.05) is 39.3 Å². The number of aromatic nitrogens is 2. The Kier molecular flexibility index (Phi) is 6.05. The number of anilines is 1. The van der Waals surface area contributed by atoms with Crippen molar-refractivity contribution in [3.8, 4) is 6.01 Å². The maximum atomic E-state index is 5.52. The Morgan fingerprint density at radius 2 is 2.00 bits per heavy atom. The summed E-state index contributed by atoms with van der Waals surface area (Å²) in [5, 5.41) is 0. The monoisotopic (exact) mass is 291 g/mol. The molecule has 1 heterocycles. The molecule has 0 radical (unpaired) electrons. The summed E-state index contributed by atoms with van der Waals surface area (Å²) in [6.45, 7) is 1.94. The van der Waals surface area contributed by atoms with Crippen LogP contribution in [0.5, 0.6) is 6.01 Å². The Bertz CT molecular complexity index is 305. The number of halogens is 1. The van der Waals surface area contributed by atoms with Gasteiger partial charge in [0.05, 0.1) is 19.8 Å². The summed E-state index contributed by atoms with van der Waals surface area (Å²) in [6, 6.07) is 1.84. The van der Waals surface area contributed by atoms with E-state index in [-0.39, 0.29) is 6.01 Å². The molecule has 7 heteroatoms. The number of nitrogens with zero attached hydrogens (tertiary/aromatic N) is 2. The van der Waals surface area contributed by atoms with Crippen molar-refractivity contribution >= 4 is 21.7 Å². The number of nitrogen functional groups attached to an aromatic ring is 1. The number of methoxy groups -OCH3 is 1. The van der Waals surface area contributed by atoms with Gasteiger partial charge in [0, 0.05) is 13.2 Å². The number of hydrogen-bond acceptors (Lipinski definition) is 6. The summed E-state index contributed by atoms with van der Waals surface area (Å²) in [4.78, 5) is 7.89. The third kappa shape index (κ3) is 5.24. The highest BCUT2D eigenvalue weighted by molar-refractivity contribution is 9.10. The van der Waals surface area contributed by atoms with Gasteiger partial charge in [0.15, 0.2) is 0 Å². The molecular formula is C9H14BrN3O3. The summed E-state index contributed by atoms with van der Waals surface area (Å²) in [5.41, 5.74) is 5.52. The van der Waals surface area contributed by atoms with E-state index in [0.717, 1.165) is 0 Å². The van der Waals surface area contributed by atoms with Gasteiger partial charge >= 0.3 is 6.01 Å². The Morgan fingerprint density at radius 1 is 1.25 bits per heavy atom. The zero-order chi connectivity index (χ0) is 11.8. The van der Waals surface area contributed by atoms with Crippen molar-refractivity contribution in [3.63, 3.8) is 0 Å². The molecule has 0 aliphatic carbocycles. The molecular weight excluding hydrogens is 278 g/mol. The molecule has 0 aromatic carbocycles. The van der Waals surface area contributed by atoms with E-state index >= 15 is 0 Å². The lowest BCUT2D eigenvalue weighted by Gasteiger charge is -2.06. The second-order valence-electron chi connectivity index (χ2n) is 2.85. The SMILES string of the molecule is COCCOCCOc1nc(N)cc(Br)n1. The molecule has 0 unspecified atom stereocenters. The summed E-state index contributed by atoms with van der Waals surface area (Å²) >= 11 is 3.20. The lowest BCUT2D eigenvalue weighted by Crippen LogP contribution is -2.11. The molecule has 6 nitrogen and oxygen atoms in total. The van der Waals surface area contributed by atoms with Crippen LogP contribution in [0, 0.1) is 0 Å². The van der Waals surface area contributed by atoms with Crippen LogP contribution < -0.4 is 10.5 Å². The smallest absolute Gasteiger partial charge is 0.319 e. The maximum absolute atomic E-state index is 5.52. The average Bonchev–Trinajstić information content (AvgIpc) is 2.22. The normalized spacial score (nSPS) is 10.4. The van der Waals surface area contributed by atoms with Crippen molar-refractivity contribution in [3.05, 3.63) is 10.7 Å². The topological polar surface area (TPSA) is 79.5 Å². The highest BCUT2D eigenvalue weighted by Crippen LogP contribution is 2.13. The molecule has 16 heavy (non-hydrogen) atoms. The molecule has 0 amide bonds. The van der Waals surface area contributed by atoms with E-state index < -0.39 is 0 Å². The molecule has 0 bridgehead atoms. The van der Waals surface area contributed by atoms with Crippen LogP contribution >= 0.6 is 15.9 Å². The minimum Gasteiger partial charge on any atom is -0.461 e. The van der Waals surface area contributed by atoms with Gasteiger partial charge in [-0.05, 0) is 15.9 Å². The number of hydrogen-bond donors (Lipinski definition) is 1. The molecule has 0 atom stereocenters. The lowest BCUT2D eigenvalue weighted by atomic mass is 10.6. The Hall–Kier alpha value is -0.920. The number of nitrogens with two attached hydrogens (primary N) is 1. The highest BCUT2D eigenvalue weighted by atomic mass is 79.9. The van der Waals surface area contributed by atoms with Crippen molar-refractivity contribution in [1.82, 2.24) is 9.97 Å². The molecule has 1 aromatic heterocycles. The molecule has 0 aliphatic heterocycles. The first-order chi connectivity index (χ1) is 7.72. The van der Waals surface area contributed by atoms with Gasteiger partial charge in [-0.25, -0.2) is 0 Å². The second-order valence-corrected chi connectivity index (χ2v) is 3.66. The summed E-state index contributed by atoms with van der Waals surface area (Å²) < 4.78 is 15.9. The number of ether oxygens (including phenoxy) is 3.